The van der Waals surface area contributed by atoms with Gasteiger partial charge in [0.05, 0.1) is 26.0 Å². The lowest BCUT2D eigenvalue weighted by Crippen LogP contribution is -2.41. The van der Waals surface area contributed by atoms with Crippen molar-refractivity contribution in [1.82, 2.24) is 9.62 Å². The number of methoxy groups -OCH3 is 1. The smallest absolute Gasteiger partial charge is 0.235 e. The minimum atomic E-state index is -3.53. The fourth-order valence-corrected chi connectivity index (χ4v) is 3.80. The van der Waals surface area contributed by atoms with E-state index in [1.54, 1.807) is 7.11 Å². The van der Waals surface area contributed by atoms with Gasteiger partial charge in [0.1, 0.15) is 5.75 Å². The topological polar surface area (TPSA) is 75.7 Å². The summed E-state index contributed by atoms with van der Waals surface area (Å²) in [6, 6.07) is 16.6. The molecule has 0 aromatic heterocycles. The minimum absolute atomic E-state index is 0.157. The van der Waals surface area contributed by atoms with Gasteiger partial charge in [-0.15, -0.1) is 0 Å². The molecule has 2 rings (SSSR count). The van der Waals surface area contributed by atoms with E-state index >= 15 is 0 Å². The Morgan fingerprint density at radius 2 is 1.69 bits per heavy atom. The van der Waals surface area contributed by atoms with Crippen LogP contribution in [0, 0.1) is 5.92 Å². The zero-order chi connectivity index (χ0) is 21.4. The van der Waals surface area contributed by atoms with Gasteiger partial charge in [-0.25, -0.2) is 8.42 Å². The average Bonchev–Trinajstić information content (AvgIpc) is 2.67. The van der Waals surface area contributed by atoms with Crippen molar-refractivity contribution in [3.63, 3.8) is 0 Å². The quantitative estimate of drug-likeness (QED) is 0.642. The molecule has 0 unspecified atom stereocenters. The van der Waals surface area contributed by atoms with Crippen LogP contribution in [0.2, 0.25) is 0 Å². The Kier molecular flexibility index (Phi) is 8.22. The van der Waals surface area contributed by atoms with Crippen molar-refractivity contribution < 1.29 is 17.9 Å². The molecule has 0 aliphatic carbocycles. The van der Waals surface area contributed by atoms with Crippen LogP contribution in [0.1, 0.15) is 37.4 Å². The second-order valence-electron chi connectivity index (χ2n) is 7.54. The van der Waals surface area contributed by atoms with E-state index in [1.165, 1.54) is 4.31 Å². The Morgan fingerprint density at radius 3 is 2.21 bits per heavy atom. The largest absolute Gasteiger partial charge is 0.497 e. The summed E-state index contributed by atoms with van der Waals surface area (Å²) in [5.74, 6) is 0.778. The van der Waals surface area contributed by atoms with E-state index in [-0.39, 0.29) is 25.0 Å². The van der Waals surface area contributed by atoms with Gasteiger partial charge in [0.25, 0.3) is 0 Å². The van der Waals surface area contributed by atoms with Crippen molar-refractivity contribution in [3.05, 3.63) is 65.7 Å². The molecule has 0 aliphatic heterocycles. The van der Waals surface area contributed by atoms with Crippen molar-refractivity contribution in [2.24, 2.45) is 5.92 Å². The van der Waals surface area contributed by atoms with Crippen molar-refractivity contribution in [1.29, 1.82) is 0 Å². The second kappa shape index (κ2) is 10.4. The number of hydrogen-bond donors (Lipinski definition) is 1. The predicted molar refractivity (Wildman–Crippen MR) is 115 cm³/mol. The van der Waals surface area contributed by atoms with Crippen molar-refractivity contribution in [2.45, 2.75) is 32.9 Å². The highest BCUT2D eigenvalue weighted by Crippen LogP contribution is 2.23. The molecule has 1 atom stereocenters. The van der Waals surface area contributed by atoms with Gasteiger partial charge in [-0.3, -0.25) is 4.79 Å². The summed E-state index contributed by atoms with van der Waals surface area (Å²) in [7, 11) is -1.93. The first kappa shape index (κ1) is 22.9. The van der Waals surface area contributed by atoms with Crippen LogP contribution >= 0.6 is 0 Å². The molecule has 2 aromatic carbocycles. The third-order valence-corrected chi connectivity index (χ3v) is 5.75. The van der Waals surface area contributed by atoms with Gasteiger partial charge >= 0.3 is 0 Å². The monoisotopic (exact) mass is 418 g/mol. The summed E-state index contributed by atoms with van der Waals surface area (Å²) >= 11 is 0. The number of carbonyl (C=O) groups excluding carboxylic acids is 1. The number of rotatable bonds is 10. The molecule has 0 aliphatic rings. The molecular weight excluding hydrogens is 388 g/mol. The molecular formula is C22H30N2O4S. The summed E-state index contributed by atoms with van der Waals surface area (Å²) < 4.78 is 30.8. The van der Waals surface area contributed by atoms with E-state index in [0.717, 1.165) is 29.6 Å². The van der Waals surface area contributed by atoms with Crippen molar-refractivity contribution in [3.8, 4) is 5.75 Å². The lowest BCUT2D eigenvalue weighted by Gasteiger charge is -2.24. The Morgan fingerprint density at radius 1 is 1.07 bits per heavy atom. The summed E-state index contributed by atoms with van der Waals surface area (Å²) in [5, 5.41) is 3.00. The maximum Gasteiger partial charge on any atom is 0.235 e. The van der Waals surface area contributed by atoms with Crippen LogP contribution < -0.4 is 10.1 Å². The van der Waals surface area contributed by atoms with Gasteiger partial charge in [0.2, 0.25) is 15.9 Å². The molecule has 7 heteroatoms. The first-order chi connectivity index (χ1) is 13.7. The minimum Gasteiger partial charge on any atom is -0.497 e. The van der Waals surface area contributed by atoms with Gasteiger partial charge in [-0.1, -0.05) is 56.3 Å². The fraction of sp³-hybridized carbons (Fsp3) is 0.409. The molecule has 0 saturated carbocycles. The van der Waals surface area contributed by atoms with Crippen LogP contribution in [0.5, 0.6) is 5.75 Å². The lowest BCUT2D eigenvalue weighted by molar-refractivity contribution is -0.122. The molecule has 2 aromatic rings. The summed E-state index contributed by atoms with van der Waals surface area (Å²) in [6.07, 6.45) is 1.87. The van der Waals surface area contributed by atoms with Gasteiger partial charge in [0, 0.05) is 6.54 Å². The van der Waals surface area contributed by atoms with Gasteiger partial charge in [-0.05, 0) is 35.6 Å². The zero-order valence-electron chi connectivity index (χ0n) is 17.5. The van der Waals surface area contributed by atoms with Gasteiger partial charge in [-0.2, -0.15) is 4.31 Å². The maximum absolute atomic E-state index is 12.7. The van der Waals surface area contributed by atoms with E-state index in [2.05, 4.69) is 19.2 Å². The number of benzene rings is 2. The average molecular weight is 419 g/mol. The predicted octanol–water partition coefficient (Wildman–Crippen LogP) is 3.36. The number of ether oxygens (including phenoxy) is 1. The molecule has 158 valence electrons. The summed E-state index contributed by atoms with van der Waals surface area (Å²) in [6.45, 7) is 4.10. The van der Waals surface area contributed by atoms with Crippen LogP contribution in [0.15, 0.2) is 54.6 Å². The fourth-order valence-electron chi connectivity index (χ4n) is 3.06. The van der Waals surface area contributed by atoms with E-state index < -0.39 is 10.0 Å². The molecule has 0 fully saturated rings. The van der Waals surface area contributed by atoms with Gasteiger partial charge in [0.15, 0.2) is 0 Å². The standard InChI is InChI=1S/C22H30N2O4S/c1-17(2)14-21(19-10-12-20(28-3)13-11-19)23-22(25)16-24(29(4,26)27)15-18-8-6-5-7-9-18/h5-13,17,21H,14-16H2,1-4H3,(H,23,25)/t21-/m1/s1. The van der Waals surface area contributed by atoms with Crippen molar-refractivity contribution >= 4 is 15.9 Å². The Bertz CT molecular complexity index is 881. The number of carbonyl (C=O) groups is 1. The first-order valence-corrected chi connectivity index (χ1v) is 11.5. The summed E-state index contributed by atoms with van der Waals surface area (Å²) in [5.41, 5.74) is 1.79. The second-order valence-corrected chi connectivity index (χ2v) is 9.52. The highest BCUT2D eigenvalue weighted by molar-refractivity contribution is 7.88. The third-order valence-electron chi connectivity index (χ3n) is 4.55. The SMILES string of the molecule is COc1ccc([C@@H](CC(C)C)NC(=O)CN(Cc2ccccc2)S(C)(=O)=O)cc1. The van der Waals surface area contributed by atoms with Crippen LogP contribution in [0.3, 0.4) is 0 Å². The van der Waals surface area contributed by atoms with Gasteiger partial charge < -0.3 is 10.1 Å². The molecule has 0 saturated heterocycles. The van der Waals surface area contributed by atoms with E-state index in [1.807, 2.05) is 54.6 Å². The Balaban J connectivity index is 2.13. The van der Waals surface area contributed by atoms with Crippen LogP contribution in [-0.2, 0) is 21.4 Å². The van der Waals surface area contributed by atoms with Crippen LogP contribution in [0.4, 0.5) is 0 Å². The molecule has 0 bridgehead atoms. The number of sulfonamides is 1. The lowest BCUT2D eigenvalue weighted by atomic mass is 9.97. The molecule has 29 heavy (non-hydrogen) atoms. The Labute approximate surface area is 173 Å². The van der Waals surface area contributed by atoms with Crippen LogP contribution in [-0.4, -0.2) is 38.5 Å². The maximum atomic E-state index is 12.7. The highest BCUT2D eigenvalue weighted by Gasteiger charge is 2.23. The highest BCUT2D eigenvalue weighted by atomic mass is 32.2. The van der Waals surface area contributed by atoms with E-state index in [4.69, 9.17) is 4.74 Å². The number of amides is 1. The van der Waals surface area contributed by atoms with Crippen LogP contribution in [0.25, 0.3) is 0 Å². The molecule has 0 spiro atoms. The normalized spacial score (nSPS) is 12.8. The molecule has 0 heterocycles. The Hall–Kier alpha value is -2.38. The number of nitrogens with one attached hydrogen (secondary N) is 1. The molecule has 6 nitrogen and oxygen atoms in total. The molecule has 0 radical (unpaired) electrons. The summed E-state index contributed by atoms with van der Waals surface area (Å²) in [4.78, 5) is 12.7. The molecule has 1 N–H and O–H groups in total. The zero-order valence-corrected chi connectivity index (χ0v) is 18.3. The van der Waals surface area contributed by atoms with E-state index in [9.17, 15) is 13.2 Å². The third kappa shape index (κ3) is 7.51. The molecule has 1 amide bonds. The number of hydrogen-bond acceptors (Lipinski definition) is 4. The van der Waals surface area contributed by atoms with Crippen molar-refractivity contribution in [2.75, 3.05) is 19.9 Å². The first-order valence-electron chi connectivity index (χ1n) is 9.61. The number of nitrogens with zero attached hydrogens (tertiary/aromatic N) is 1. The van der Waals surface area contributed by atoms with E-state index in [0.29, 0.717) is 5.92 Å².